The number of rotatable bonds is 23. The van der Waals surface area contributed by atoms with Crippen molar-refractivity contribution in [1.82, 2.24) is 41.5 Å². The molecule has 6 aromatic heterocycles. The number of phenolic OH excluding ortho intramolecular Hbond substituents is 1. The summed E-state index contributed by atoms with van der Waals surface area (Å²) < 4.78 is 23.1. The van der Waals surface area contributed by atoms with Crippen molar-refractivity contribution in [2.45, 2.75) is 89.4 Å². The predicted octanol–water partition coefficient (Wildman–Crippen LogP) is 15.7. The highest BCUT2D eigenvalue weighted by atomic mass is 16.5. The maximum absolute atomic E-state index is 13.6. The van der Waals surface area contributed by atoms with Crippen LogP contribution >= 0.6 is 0 Å². The van der Waals surface area contributed by atoms with Crippen LogP contribution in [0.5, 0.6) is 11.5 Å². The number of hydrogen-bond acceptors (Lipinski definition) is 11. The molecule has 0 bridgehead atoms. The van der Waals surface area contributed by atoms with E-state index in [1.54, 1.807) is 32.2 Å². The molecular weight excluding hydrogens is 1190 g/mol. The van der Waals surface area contributed by atoms with Gasteiger partial charge in [0.1, 0.15) is 51.1 Å². The number of H-pyrrole nitrogens is 3. The third kappa shape index (κ3) is 15.2. The minimum absolute atomic E-state index is 0. The number of fused-ring (bicyclic) bond motifs is 6. The second-order valence-corrected chi connectivity index (χ2v) is 24.6. The Morgan fingerprint density at radius 3 is 1.18 bits per heavy atom. The van der Waals surface area contributed by atoms with Gasteiger partial charge in [-0.1, -0.05) is 133 Å². The zero-order valence-electron chi connectivity index (χ0n) is 53.3. The van der Waals surface area contributed by atoms with Crippen LogP contribution in [0.15, 0.2) is 244 Å². The number of para-hydroxylation sites is 6. The molecule has 0 fully saturated rings. The molecule has 0 aliphatic rings. The number of hydrogen-bond donors (Lipinski definition) is 10. The summed E-state index contributed by atoms with van der Waals surface area (Å²) in [5.74, 6) is 2.12. The van der Waals surface area contributed by atoms with Crippen molar-refractivity contribution in [3.8, 4) is 11.5 Å². The summed E-state index contributed by atoms with van der Waals surface area (Å²) >= 11 is 0. The number of benzene rings is 8. The largest absolute Gasteiger partial charge is 0.508 e. The van der Waals surface area contributed by atoms with Crippen LogP contribution in [0.2, 0.25) is 0 Å². The number of carbonyl (C=O) groups is 3. The third-order valence-corrected chi connectivity index (χ3v) is 17.5. The molecule has 17 nitrogen and oxygen atoms in total. The number of furan rings is 3. The lowest BCUT2D eigenvalue weighted by Gasteiger charge is -2.29. The number of phenols is 1. The molecule has 95 heavy (non-hydrogen) atoms. The normalized spacial score (nSPS) is 13.3. The monoisotopic (exact) mass is 1280 g/mol. The van der Waals surface area contributed by atoms with Gasteiger partial charge in [0.15, 0.2) is 0 Å². The van der Waals surface area contributed by atoms with Gasteiger partial charge < -0.3 is 53.8 Å². The van der Waals surface area contributed by atoms with Crippen LogP contribution in [-0.4, -0.2) is 66.7 Å². The van der Waals surface area contributed by atoms with Gasteiger partial charge in [-0.05, 0) is 127 Å². The van der Waals surface area contributed by atoms with Crippen LogP contribution in [0, 0.1) is 0 Å². The summed E-state index contributed by atoms with van der Waals surface area (Å²) in [5, 5.41) is 42.2. The molecule has 3 atom stereocenters. The van der Waals surface area contributed by atoms with E-state index in [-0.39, 0.29) is 24.7 Å². The van der Waals surface area contributed by atoms with E-state index in [2.05, 4.69) is 53.7 Å². The van der Waals surface area contributed by atoms with Crippen molar-refractivity contribution < 1.29 is 49.7 Å². The number of aromatic amines is 3. The van der Waals surface area contributed by atoms with Gasteiger partial charge in [-0.2, -0.15) is 0 Å². The van der Waals surface area contributed by atoms with E-state index < -0.39 is 22.6 Å². The van der Waals surface area contributed by atoms with Crippen molar-refractivity contribution in [1.29, 1.82) is 0 Å². The highest BCUT2D eigenvalue weighted by molar-refractivity contribution is 5.91. The number of ether oxygens (including phenoxy) is 1. The Morgan fingerprint density at radius 1 is 0.432 bits per heavy atom. The highest BCUT2D eigenvalue weighted by Crippen LogP contribution is 2.29. The molecule has 0 radical (unpaired) electrons. The van der Waals surface area contributed by atoms with Gasteiger partial charge in [0.25, 0.3) is 0 Å². The molecule has 6 heterocycles. The Labute approximate surface area is 556 Å². The number of aliphatic carboxylic acids is 1. The van der Waals surface area contributed by atoms with Crippen LogP contribution in [-0.2, 0) is 66.4 Å². The van der Waals surface area contributed by atoms with Crippen molar-refractivity contribution in [3.05, 3.63) is 276 Å². The van der Waals surface area contributed by atoms with E-state index in [9.17, 15) is 24.6 Å². The van der Waals surface area contributed by atoms with E-state index in [4.69, 9.17) is 18.0 Å². The Balaban J connectivity index is 0.000000208. The fraction of sp³-hybridized carbons (Fsp3) is 0.192. The van der Waals surface area contributed by atoms with Crippen molar-refractivity contribution >= 4 is 83.4 Å². The van der Waals surface area contributed by atoms with Crippen LogP contribution in [0.1, 0.15) is 73.0 Å². The fourth-order valence-corrected chi connectivity index (χ4v) is 12.1. The number of carboxylic acids is 1. The smallest absolute Gasteiger partial charge is 0.323 e. The standard InChI is InChI=1S/C29H29N3O3.C28H27N3O3.C21H20N2O3.5H2/c1-29(16-22-18-30-26-12-5-4-11-25(22)26,28(33)31-17-20-8-7-10-23(14-20)34-2)32-19-24-15-21-9-3-6-13-27(21)35-24;1-28(15-21-17-29-25-11-4-3-10-24(21)25,27(33)30-16-19-7-6-9-22(32)13-19)31-18-23-14-20-8-2-5-12-26(20)34-23;1-21(20(24)25,11-15-12-22-18-8-4-3-7-17(15)18)23-13-16-10-14-6-2-5-9-19(14)26-16;;;;;/h3-15,18,30,32H,16-17,19H2,1-2H3,(H,31,33);2-14,17,29,31-32H,15-16,18H2,1H3,(H,30,33);2-10,12,22-23H,11,13H2,1H3,(H,24,25);5*1H/t29-;28-;21-;;;;;/m111...../s1. The number of aromatic nitrogens is 3. The van der Waals surface area contributed by atoms with Gasteiger partial charge in [0, 0.05) is 107 Å². The van der Waals surface area contributed by atoms with Gasteiger partial charge in [-0.3, -0.25) is 30.3 Å². The molecule has 17 heteroatoms. The highest BCUT2D eigenvalue weighted by Gasteiger charge is 2.37. The van der Waals surface area contributed by atoms with Crippen molar-refractivity contribution in [2.75, 3.05) is 7.11 Å². The average molecular weight is 1280 g/mol. The van der Waals surface area contributed by atoms with E-state index in [0.29, 0.717) is 52.0 Å². The topological polar surface area (TPSA) is 248 Å². The molecule has 0 aliphatic carbocycles. The molecule has 0 aliphatic heterocycles. The molecule has 0 saturated carbocycles. The van der Waals surface area contributed by atoms with Crippen LogP contribution in [0.25, 0.3) is 65.6 Å². The average Bonchev–Trinajstić information content (AvgIpc) is 1.47. The van der Waals surface area contributed by atoms with Gasteiger partial charge in [0.05, 0.1) is 37.8 Å². The molecular formula is C78H86N8O9. The number of amides is 2. The first kappa shape index (κ1) is 64.0. The quantitative estimate of drug-likeness (QED) is 0.0287. The van der Waals surface area contributed by atoms with Gasteiger partial charge >= 0.3 is 5.97 Å². The van der Waals surface area contributed by atoms with Crippen molar-refractivity contribution in [3.63, 3.8) is 0 Å². The van der Waals surface area contributed by atoms with E-state index in [0.717, 1.165) is 116 Å². The Bertz CT molecular complexity index is 4900. The third-order valence-electron chi connectivity index (χ3n) is 17.5. The van der Waals surface area contributed by atoms with E-state index in [1.165, 1.54) is 0 Å². The van der Waals surface area contributed by atoms with Gasteiger partial charge in [-0.25, -0.2) is 0 Å². The maximum atomic E-state index is 13.6. The first-order valence-corrected chi connectivity index (χ1v) is 31.6. The van der Waals surface area contributed by atoms with Crippen LogP contribution < -0.4 is 31.3 Å². The second-order valence-electron chi connectivity index (χ2n) is 24.6. The number of carboxylic acid groups (broad SMARTS) is 1. The Morgan fingerprint density at radius 2 is 0.789 bits per heavy atom. The van der Waals surface area contributed by atoms with Crippen molar-refractivity contribution in [2.24, 2.45) is 0 Å². The summed E-state index contributed by atoms with van der Waals surface area (Å²) in [6, 6.07) is 68.2. The molecule has 492 valence electrons. The lowest BCUT2D eigenvalue weighted by atomic mass is 9.91. The fourth-order valence-electron chi connectivity index (χ4n) is 12.1. The maximum Gasteiger partial charge on any atom is 0.323 e. The summed E-state index contributed by atoms with van der Waals surface area (Å²) in [4.78, 5) is 48.9. The summed E-state index contributed by atoms with van der Waals surface area (Å²) in [5.41, 5.74) is 7.61. The van der Waals surface area contributed by atoms with Gasteiger partial charge in [0.2, 0.25) is 11.8 Å². The second kappa shape index (κ2) is 28.4. The molecule has 10 N–H and O–H groups in total. The molecule has 0 spiro atoms. The summed E-state index contributed by atoms with van der Waals surface area (Å²) in [6.45, 7) is 7.48. The van der Waals surface area contributed by atoms with E-state index in [1.807, 2.05) is 214 Å². The lowest BCUT2D eigenvalue weighted by molar-refractivity contribution is -0.144. The van der Waals surface area contributed by atoms with Crippen LogP contribution in [0.3, 0.4) is 0 Å². The van der Waals surface area contributed by atoms with Gasteiger partial charge in [-0.15, -0.1) is 0 Å². The molecule has 14 aromatic rings. The molecule has 0 unspecified atom stereocenters. The zero-order chi connectivity index (χ0) is 65.9. The zero-order valence-corrected chi connectivity index (χ0v) is 53.3. The first-order valence-electron chi connectivity index (χ1n) is 31.6. The number of aromatic hydroxyl groups is 1. The Hall–Kier alpha value is -11.1. The van der Waals surface area contributed by atoms with E-state index >= 15 is 0 Å². The number of methoxy groups -OCH3 is 1. The first-order chi connectivity index (χ1) is 46.1. The lowest BCUT2D eigenvalue weighted by Crippen LogP contribution is -2.55. The molecule has 0 saturated heterocycles. The Kier molecular flexibility index (Phi) is 19.1. The SMILES string of the molecule is COc1cccc(CNC(=O)[C@@](C)(Cc2c[nH]c3ccccc23)NCc2cc3ccccc3o2)c1.C[C@](Cc1c[nH]c2ccccc12)(NCc1cc2ccccc2o1)C(=O)NCc1cccc(O)c1.C[C@](Cc1c[nH]c2ccccc12)(NCc1cc2ccccc2o1)C(=O)O.[HH].[HH].[HH].[HH].[HH]. The van der Waals surface area contributed by atoms with Crippen LogP contribution in [0.4, 0.5) is 0 Å². The number of carbonyl (C=O) groups excluding carboxylic acids is 2. The summed E-state index contributed by atoms with van der Waals surface area (Å²) in [6.07, 6.45) is 7.21. The minimum atomic E-state index is -1.11. The summed E-state index contributed by atoms with van der Waals surface area (Å²) in [7, 11) is 1.64. The molecule has 14 rings (SSSR count). The minimum Gasteiger partial charge on any atom is -0.508 e. The number of nitrogens with one attached hydrogen (secondary N) is 8. The predicted molar refractivity (Wildman–Crippen MR) is 383 cm³/mol. The molecule has 8 aromatic carbocycles. The molecule has 2 amide bonds.